The van der Waals surface area contributed by atoms with Crippen LogP contribution in [0.4, 0.5) is 9.18 Å². The molecule has 0 radical (unpaired) electrons. The standard InChI is InChI=1S/C10H15FN2O2/c1-9(2,3)15-8(14)13-6-10(11,7-13)4-5-12/h4,6-7H2,1-3H3. The van der Waals surface area contributed by atoms with Crippen LogP contribution < -0.4 is 0 Å². The minimum absolute atomic E-state index is 0.0462. The molecule has 0 aromatic carbocycles. The highest BCUT2D eigenvalue weighted by Crippen LogP contribution is 2.29. The zero-order valence-electron chi connectivity index (χ0n) is 9.21. The summed E-state index contributed by atoms with van der Waals surface area (Å²) in [6.07, 6.45) is -0.694. The zero-order chi connectivity index (χ0) is 11.7. The molecule has 4 nitrogen and oxygen atoms in total. The van der Waals surface area contributed by atoms with Gasteiger partial charge in [0.05, 0.1) is 25.6 Å². The van der Waals surface area contributed by atoms with Crippen LogP contribution in [0.25, 0.3) is 0 Å². The van der Waals surface area contributed by atoms with Crippen molar-refractivity contribution in [3.05, 3.63) is 0 Å². The molecule has 0 aromatic heterocycles. The van der Waals surface area contributed by atoms with E-state index in [0.717, 1.165) is 0 Å². The van der Waals surface area contributed by atoms with Gasteiger partial charge in [0.15, 0.2) is 5.67 Å². The maximum atomic E-state index is 13.5. The van der Waals surface area contributed by atoms with Gasteiger partial charge in [0.2, 0.25) is 0 Å². The number of alkyl halides is 1. The Bertz CT molecular complexity index is 298. The van der Waals surface area contributed by atoms with E-state index in [4.69, 9.17) is 10.00 Å². The number of hydrogen-bond acceptors (Lipinski definition) is 3. The van der Waals surface area contributed by atoms with E-state index in [1.165, 1.54) is 4.90 Å². The van der Waals surface area contributed by atoms with Crippen molar-refractivity contribution in [2.45, 2.75) is 38.5 Å². The van der Waals surface area contributed by atoms with Crippen LogP contribution in [-0.4, -0.2) is 35.4 Å². The summed E-state index contributed by atoms with van der Waals surface area (Å²) in [6.45, 7) is 5.17. The van der Waals surface area contributed by atoms with Crippen molar-refractivity contribution >= 4 is 6.09 Å². The Hall–Kier alpha value is -1.31. The van der Waals surface area contributed by atoms with Crippen LogP contribution in [0.1, 0.15) is 27.2 Å². The summed E-state index contributed by atoms with van der Waals surface area (Å²) in [5.41, 5.74) is -2.10. The fourth-order valence-corrected chi connectivity index (χ4v) is 1.35. The number of hydrogen-bond donors (Lipinski definition) is 0. The largest absolute Gasteiger partial charge is 0.444 e. The average molecular weight is 214 g/mol. The molecule has 0 atom stereocenters. The van der Waals surface area contributed by atoms with Crippen LogP contribution in [0.15, 0.2) is 0 Å². The van der Waals surface area contributed by atoms with Gasteiger partial charge in [0.25, 0.3) is 0 Å². The third kappa shape index (κ3) is 3.08. The first-order valence-electron chi connectivity index (χ1n) is 4.80. The van der Waals surface area contributed by atoms with Gasteiger partial charge < -0.3 is 9.64 Å². The summed E-state index contributed by atoms with van der Waals surface area (Å²) in [5.74, 6) is 0. The van der Waals surface area contributed by atoms with E-state index in [0.29, 0.717) is 0 Å². The van der Waals surface area contributed by atoms with E-state index >= 15 is 0 Å². The molecule has 0 unspecified atom stereocenters. The highest BCUT2D eigenvalue weighted by Gasteiger charge is 2.47. The minimum atomic E-state index is -1.54. The van der Waals surface area contributed by atoms with Crippen molar-refractivity contribution in [3.63, 3.8) is 0 Å². The van der Waals surface area contributed by atoms with Crippen LogP contribution in [0.3, 0.4) is 0 Å². The van der Waals surface area contributed by atoms with Crippen molar-refractivity contribution in [2.24, 2.45) is 0 Å². The van der Waals surface area contributed by atoms with Crippen molar-refractivity contribution < 1.29 is 13.9 Å². The normalized spacial score (nSPS) is 19.0. The van der Waals surface area contributed by atoms with Gasteiger partial charge in [0.1, 0.15) is 5.60 Å². The Morgan fingerprint density at radius 1 is 1.60 bits per heavy atom. The van der Waals surface area contributed by atoms with Gasteiger partial charge >= 0.3 is 6.09 Å². The number of nitriles is 1. The van der Waals surface area contributed by atoms with E-state index in [9.17, 15) is 9.18 Å². The van der Waals surface area contributed by atoms with Gasteiger partial charge in [-0.05, 0) is 20.8 Å². The summed E-state index contributed by atoms with van der Waals surface area (Å²) in [6, 6.07) is 1.76. The first-order valence-corrected chi connectivity index (χ1v) is 4.80. The molecule has 84 valence electrons. The van der Waals surface area contributed by atoms with Crippen molar-refractivity contribution in [1.29, 1.82) is 5.26 Å². The quantitative estimate of drug-likeness (QED) is 0.669. The first kappa shape index (κ1) is 11.8. The molecule has 1 saturated heterocycles. The molecule has 1 aliphatic rings. The van der Waals surface area contributed by atoms with Crippen molar-refractivity contribution in [1.82, 2.24) is 4.90 Å². The van der Waals surface area contributed by atoms with E-state index < -0.39 is 17.4 Å². The lowest BCUT2D eigenvalue weighted by Crippen LogP contribution is -2.61. The summed E-state index contributed by atoms with van der Waals surface area (Å²) in [5, 5.41) is 8.35. The maximum Gasteiger partial charge on any atom is 0.410 e. The molecule has 1 rings (SSSR count). The monoisotopic (exact) mass is 214 g/mol. The van der Waals surface area contributed by atoms with E-state index in [1.54, 1.807) is 26.8 Å². The summed E-state index contributed by atoms with van der Waals surface area (Å²) in [7, 11) is 0. The summed E-state index contributed by atoms with van der Waals surface area (Å²) >= 11 is 0. The first-order chi connectivity index (χ1) is 6.76. The fraction of sp³-hybridized carbons (Fsp3) is 0.800. The molecule has 0 aliphatic carbocycles. The SMILES string of the molecule is CC(C)(C)OC(=O)N1CC(F)(CC#N)C1. The second-order valence-electron chi connectivity index (χ2n) is 4.82. The number of halogens is 1. The Kier molecular flexibility index (Phi) is 2.89. The molecular weight excluding hydrogens is 199 g/mol. The minimum Gasteiger partial charge on any atom is -0.444 e. The van der Waals surface area contributed by atoms with Gasteiger partial charge in [-0.15, -0.1) is 0 Å². The van der Waals surface area contributed by atoms with Crippen LogP contribution in [0, 0.1) is 11.3 Å². The zero-order valence-corrected chi connectivity index (χ0v) is 9.21. The Balaban J connectivity index is 2.40. The second-order valence-corrected chi connectivity index (χ2v) is 4.82. The van der Waals surface area contributed by atoms with Gasteiger partial charge in [0, 0.05) is 0 Å². The lowest BCUT2D eigenvalue weighted by Gasteiger charge is -2.43. The van der Waals surface area contributed by atoms with Crippen LogP contribution >= 0.6 is 0 Å². The molecule has 0 bridgehead atoms. The van der Waals surface area contributed by atoms with Gasteiger partial charge in [-0.25, -0.2) is 9.18 Å². The third-order valence-electron chi connectivity index (χ3n) is 2.00. The highest BCUT2D eigenvalue weighted by molar-refractivity contribution is 5.69. The lowest BCUT2D eigenvalue weighted by molar-refractivity contribution is -0.0484. The number of carbonyl (C=O) groups excluding carboxylic acids is 1. The lowest BCUT2D eigenvalue weighted by atomic mass is 9.94. The van der Waals surface area contributed by atoms with E-state index in [-0.39, 0.29) is 19.5 Å². The van der Waals surface area contributed by atoms with Gasteiger partial charge in [-0.2, -0.15) is 5.26 Å². The number of rotatable bonds is 1. The summed E-state index contributed by atoms with van der Waals surface area (Å²) in [4.78, 5) is 12.7. The molecule has 0 saturated carbocycles. The topological polar surface area (TPSA) is 53.3 Å². The third-order valence-corrected chi connectivity index (χ3v) is 2.00. The van der Waals surface area contributed by atoms with E-state index in [2.05, 4.69) is 0 Å². The number of ether oxygens (including phenoxy) is 1. The van der Waals surface area contributed by atoms with Crippen molar-refractivity contribution in [2.75, 3.05) is 13.1 Å². The molecule has 5 heteroatoms. The molecule has 0 spiro atoms. The highest BCUT2D eigenvalue weighted by atomic mass is 19.1. The molecule has 0 N–H and O–H groups in total. The Morgan fingerprint density at radius 3 is 2.53 bits per heavy atom. The number of carbonyl (C=O) groups is 1. The molecule has 0 aromatic rings. The Morgan fingerprint density at radius 2 is 2.13 bits per heavy atom. The molecular formula is C10H15FN2O2. The van der Waals surface area contributed by atoms with Crippen LogP contribution in [-0.2, 0) is 4.74 Å². The average Bonchev–Trinajstić information content (AvgIpc) is 1.96. The van der Waals surface area contributed by atoms with Crippen molar-refractivity contribution in [3.8, 4) is 6.07 Å². The molecule has 15 heavy (non-hydrogen) atoms. The molecule has 1 amide bonds. The fourth-order valence-electron chi connectivity index (χ4n) is 1.35. The van der Waals surface area contributed by atoms with Crippen LogP contribution in [0.5, 0.6) is 0 Å². The Labute approximate surface area is 88.6 Å². The van der Waals surface area contributed by atoms with Gasteiger partial charge in [-0.1, -0.05) is 0 Å². The summed E-state index contributed by atoms with van der Waals surface area (Å²) < 4.78 is 18.5. The number of nitrogens with zero attached hydrogens (tertiary/aromatic N) is 2. The molecule has 1 aliphatic heterocycles. The second kappa shape index (κ2) is 3.69. The van der Waals surface area contributed by atoms with Gasteiger partial charge in [-0.3, -0.25) is 0 Å². The maximum absolute atomic E-state index is 13.5. The number of amides is 1. The molecule has 1 fully saturated rings. The predicted molar refractivity (Wildman–Crippen MR) is 51.9 cm³/mol. The predicted octanol–water partition coefficient (Wildman–Crippen LogP) is 1.86. The number of likely N-dealkylation sites (tertiary alicyclic amines) is 1. The van der Waals surface area contributed by atoms with Crippen LogP contribution in [0.2, 0.25) is 0 Å². The smallest absolute Gasteiger partial charge is 0.410 e. The van der Waals surface area contributed by atoms with E-state index in [1.807, 2.05) is 0 Å². The molecule has 1 heterocycles.